The Bertz CT molecular complexity index is 570. The van der Waals surface area contributed by atoms with Crippen LogP contribution in [0, 0.1) is 5.82 Å². The molecule has 1 aromatic carbocycles. The van der Waals surface area contributed by atoms with E-state index in [4.69, 9.17) is 5.73 Å². The highest BCUT2D eigenvalue weighted by Gasteiger charge is 2.26. The molecule has 0 aliphatic carbocycles. The fourth-order valence-corrected chi connectivity index (χ4v) is 2.49. The summed E-state index contributed by atoms with van der Waals surface area (Å²) in [5.74, 6) is 0.108. The number of hydrogen-bond donors (Lipinski definition) is 1. The van der Waals surface area contributed by atoms with Gasteiger partial charge in [-0.2, -0.15) is 0 Å². The fraction of sp³-hybridized carbons (Fsp3) is 0.286. The number of nitrogens with zero attached hydrogens (tertiary/aromatic N) is 3. The molecule has 1 atom stereocenters. The molecular weight excluding hydrogens is 243 g/mol. The first-order chi connectivity index (χ1) is 9.28. The number of halogens is 1. The number of nitrogens with two attached hydrogens (primary N) is 1. The Morgan fingerprint density at radius 2 is 1.89 bits per heavy atom. The van der Waals surface area contributed by atoms with E-state index in [0.717, 1.165) is 6.42 Å². The highest BCUT2D eigenvalue weighted by molar-refractivity contribution is 5.41. The number of hydrogen-bond acceptors (Lipinski definition) is 4. The van der Waals surface area contributed by atoms with Gasteiger partial charge in [-0.05, 0) is 17.5 Å². The lowest BCUT2D eigenvalue weighted by Gasteiger charge is -2.36. The molecule has 4 nitrogen and oxygen atoms in total. The van der Waals surface area contributed by atoms with Crippen molar-refractivity contribution in [2.75, 3.05) is 11.4 Å². The highest BCUT2D eigenvalue weighted by atomic mass is 19.1. The molecule has 0 saturated heterocycles. The van der Waals surface area contributed by atoms with Crippen molar-refractivity contribution >= 4 is 5.95 Å². The molecule has 1 aromatic heterocycles. The third kappa shape index (κ3) is 2.29. The fourth-order valence-electron chi connectivity index (χ4n) is 2.49. The summed E-state index contributed by atoms with van der Waals surface area (Å²) in [6, 6.07) is 8.43. The van der Waals surface area contributed by atoms with Crippen molar-refractivity contribution in [2.24, 2.45) is 5.73 Å². The van der Waals surface area contributed by atoms with Crippen LogP contribution in [-0.2, 0) is 13.0 Å². The standard InChI is InChI=1S/C14H15FN4/c15-12-7-17-14(18-8-12)19-9-11-4-2-1-3-10(11)5-13(19)6-16/h1-4,7-8,13H,5-6,9,16H2. The minimum absolute atomic E-state index is 0.153. The van der Waals surface area contributed by atoms with Crippen LogP contribution in [0.5, 0.6) is 0 Å². The van der Waals surface area contributed by atoms with E-state index in [-0.39, 0.29) is 6.04 Å². The molecule has 2 N–H and O–H groups in total. The molecule has 1 aliphatic rings. The monoisotopic (exact) mass is 258 g/mol. The van der Waals surface area contributed by atoms with Crippen LogP contribution in [0.2, 0.25) is 0 Å². The molecule has 3 rings (SSSR count). The molecule has 0 bridgehead atoms. The van der Waals surface area contributed by atoms with Crippen LogP contribution in [0.4, 0.5) is 10.3 Å². The summed E-state index contributed by atoms with van der Waals surface area (Å²) >= 11 is 0. The molecular formula is C14H15FN4. The SMILES string of the molecule is NCC1Cc2ccccc2CN1c1ncc(F)cn1. The zero-order valence-corrected chi connectivity index (χ0v) is 10.5. The third-order valence-electron chi connectivity index (χ3n) is 3.49. The Kier molecular flexibility index (Phi) is 3.13. The van der Waals surface area contributed by atoms with Gasteiger partial charge in [-0.15, -0.1) is 0 Å². The summed E-state index contributed by atoms with van der Waals surface area (Å²) in [5.41, 5.74) is 8.41. The highest BCUT2D eigenvalue weighted by Crippen LogP contribution is 2.25. The van der Waals surface area contributed by atoms with E-state index in [1.54, 1.807) is 0 Å². The summed E-state index contributed by atoms with van der Waals surface area (Å²) in [5, 5.41) is 0. The largest absolute Gasteiger partial charge is 0.332 e. The van der Waals surface area contributed by atoms with Crippen molar-refractivity contribution in [3.05, 3.63) is 53.6 Å². The van der Waals surface area contributed by atoms with E-state index in [0.29, 0.717) is 19.0 Å². The van der Waals surface area contributed by atoms with E-state index in [9.17, 15) is 4.39 Å². The Morgan fingerprint density at radius 1 is 1.21 bits per heavy atom. The zero-order chi connectivity index (χ0) is 13.2. The number of benzene rings is 1. The van der Waals surface area contributed by atoms with Crippen molar-refractivity contribution < 1.29 is 4.39 Å². The van der Waals surface area contributed by atoms with Crippen LogP contribution in [0.15, 0.2) is 36.7 Å². The van der Waals surface area contributed by atoms with Crippen LogP contribution < -0.4 is 10.6 Å². The molecule has 1 aliphatic heterocycles. The maximum Gasteiger partial charge on any atom is 0.226 e. The lowest BCUT2D eigenvalue weighted by atomic mass is 9.94. The normalized spacial score (nSPS) is 18.2. The van der Waals surface area contributed by atoms with Crippen LogP contribution in [-0.4, -0.2) is 22.6 Å². The summed E-state index contributed by atoms with van der Waals surface area (Å²) in [7, 11) is 0. The summed E-state index contributed by atoms with van der Waals surface area (Å²) in [4.78, 5) is 10.2. The molecule has 5 heteroatoms. The Morgan fingerprint density at radius 3 is 2.58 bits per heavy atom. The average molecular weight is 258 g/mol. The van der Waals surface area contributed by atoms with Gasteiger partial charge >= 0.3 is 0 Å². The number of rotatable bonds is 2. The predicted molar refractivity (Wildman–Crippen MR) is 71.2 cm³/mol. The smallest absolute Gasteiger partial charge is 0.226 e. The van der Waals surface area contributed by atoms with E-state index < -0.39 is 5.82 Å². The van der Waals surface area contributed by atoms with Gasteiger partial charge in [-0.25, -0.2) is 14.4 Å². The van der Waals surface area contributed by atoms with Gasteiger partial charge in [0.25, 0.3) is 0 Å². The lowest BCUT2D eigenvalue weighted by Crippen LogP contribution is -2.45. The molecule has 2 aromatic rings. The molecule has 1 unspecified atom stereocenters. The van der Waals surface area contributed by atoms with Gasteiger partial charge in [-0.3, -0.25) is 0 Å². The molecule has 0 radical (unpaired) electrons. The molecule has 0 amide bonds. The Hall–Kier alpha value is -2.01. The molecule has 2 heterocycles. The van der Waals surface area contributed by atoms with Gasteiger partial charge < -0.3 is 10.6 Å². The summed E-state index contributed by atoms with van der Waals surface area (Å²) in [6.07, 6.45) is 3.25. The maximum absolute atomic E-state index is 12.9. The first-order valence-corrected chi connectivity index (χ1v) is 6.29. The van der Waals surface area contributed by atoms with Crippen molar-refractivity contribution in [3.63, 3.8) is 0 Å². The second-order valence-corrected chi connectivity index (χ2v) is 4.69. The van der Waals surface area contributed by atoms with Gasteiger partial charge in [0, 0.05) is 19.1 Å². The quantitative estimate of drug-likeness (QED) is 0.887. The van der Waals surface area contributed by atoms with Crippen LogP contribution in [0.1, 0.15) is 11.1 Å². The topological polar surface area (TPSA) is 55.0 Å². The van der Waals surface area contributed by atoms with Crippen molar-refractivity contribution in [1.29, 1.82) is 0 Å². The van der Waals surface area contributed by atoms with Crippen molar-refractivity contribution in [3.8, 4) is 0 Å². The molecule has 0 fully saturated rings. The number of fused-ring (bicyclic) bond motifs is 1. The number of anilines is 1. The van der Waals surface area contributed by atoms with E-state index in [2.05, 4.69) is 22.1 Å². The van der Waals surface area contributed by atoms with Crippen molar-refractivity contribution in [1.82, 2.24) is 9.97 Å². The van der Waals surface area contributed by atoms with Crippen LogP contribution in [0.25, 0.3) is 0 Å². The van der Waals surface area contributed by atoms with Gasteiger partial charge in [0.2, 0.25) is 5.95 Å². The predicted octanol–water partition coefficient (Wildman–Crippen LogP) is 1.51. The maximum atomic E-state index is 12.9. The number of aromatic nitrogens is 2. The van der Waals surface area contributed by atoms with Crippen LogP contribution in [0.3, 0.4) is 0 Å². The molecule has 0 spiro atoms. The van der Waals surface area contributed by atoms with Gasteiger partial charge in [0.1, 0.15) is 0 Å². The lowest BCUT2D eigenvalue weighted by molar-refractivity contribution is 0.544. The minimum Gasteiger partial charge on any atom is -0.332 e. The van der Waals surface area contributed by atoms with Crippen molar-refractivity contribution in [2.45, 2.75) is 19.0 Å². The van der Waals surface area contributed by atoms with Gasteiger partial charge in [0.15, 0.2) is 5.82 Å². The first kappa shape index (κ1) is 12.0. The Balaban J connectivity index is 1.95. The minimum atomic E-state index is -0.426. The third-order valence-corrected chi connectivity index (χ3v) is 3.49. The van der Waals surface area contributed by atoms with Gasteiger partial charge in [0.05, 0.1) is 12.4 Å². The van der Waals surface area contributed by atoms with E-state index in [1.165, 1.54) is 23.5 Å². The second kappa shape index (κ2) is 4.93. The molecule has 19 heavy (non-hydrogen) atoms. The average Bonchev–Trinajstić information content (AvgIpc) is 2.46. The summed E-state index contributed by atoms with van der Waals surface area (Å²) < 4.78 is 12.9. The van der Waals surface area contributed by atoms with E-state index in [1.807, 2.05) is 17.0 Å². The molecule has 0 saturated carbocycles. The van der Waals surface area contributed by atoms with Gasteiger partial charge in [-0.1, -0.05) is 24.3 Å². The second-order valence-electron chi connectivity index (χ2n) is 4.69. The van der Waals surface area contributed by atoms with E-state index >= 15 is 0 Å². The zero-order valence-electron chi connectivity index (χ0n) is 10.5. The Labute approximate surface area is 111 Å². The summed E-state index contributed by atoms with van der Waals surface area (Å²) in [6.45, 7) is 1.23. The van der Waals surface area contributed by atoms with Crippen LogP contribution >= 0.6 is 0 Å². The first-order valence-electron chi connectivity index (χ1n) is 6.29. The molecule has 98 valence electrons.